The summed E-state index contributed by atoms with van der Waals surface area (Å²) in [5.41, 5.74) is 1.24. The zero-order valence-electron chi connectivity index (χ0n) is 16.8. The van der Waals surface area contributed by atoms with Crippen molar-refractivity contribution >= 4 is 5.97 Å². The molecule has 0 saturated heterocycles. The topological polar surface area (TPSA) is 46.1 Å². The zero-order valence-corrected chi connectivity index (χ0v) is 16.8. The third-order valence-corrected chi connectivity index (χ3v) is 5.09. The van der Waals surface area contributed by atoms with E-state index < -0.39 is 5.97 Å². The van der Waals surface area contributed by atoms with Crippen LogP contribution in [0.1, 0.15) is 76.1 Å². The molecule has 0 bridgehead atoms. The van der Waals surface area contributed by atoms with Gasteiger partial charge in [-0.05, 0) is 12.0 Å². The second-order valence-corrected chi connectivity index (χ2v) is 7.43. The first kappa shape index (κ1) is 21.2. The van der Waals surface area contributed by atoms with Gasteiger partial charge < -0.3 is 5.11 Å². The van der Waals surface area contributed by atoms with E-state index in [1.54, 1.807) is 0 Å². The minimum atomic E-state index is -0.786. The van der Waals surface area contributed by atoms with Crippen molar-refractivity contribution in [1.82, 2.24) is 4.57 Å². The van der Waals surface area contributed by atoms with Crippen LogP contribution in [-0.2, 0) is 24.3 Å². The maximum atomic E-state index is 11.2. The van der Waals surface area contributed by atoms with Crippen molar-refractivity contribution in [3.05, 3.63) is 54.1 Å². The van der Waals surface area contributed by atoms with E-state index in [2.05, 4.69) is 23.6 Å². The molecule has 2 aromatic rings. The number of carbonyl (C=O) groups is 1. The van der Waals surface area contributed by atoms with Gasteiger partial charge >= 0.3 is 5.97 Å². The third kappa shape index (κ3) is 7.98. The molecule has 1 N–H and O–H groups in total. The predicted octanol–water partition coefficient (Wildman–Crippen LogP) is 4.98. The number of imidazole rings is 1. The Morgan fingerprint density at radius 2 is 1.59 bits per heavy atom. The van der Waals surface area contributed by atoms with Gasteiger partial charge in [-0.3, -0.25) is 0 Å². The molecule has 0 radical (unpaired) electrons. The van der Waals surface area contributed by atoms with Crippen molar-refractivity contribution in [1.29, 1.82) is 0 Å². The molecule has 1 aromatic heterocycles. The number of aromatic nitrogens is 2. The van der Waals surface area contributed by atoms with Gasteiger partial charge in [-0.25, -0.2) is 13.9 Å². The number of hydrogen-bond donors (Lipinski definition) is 1. The smallest absolute Gasteiger partial charge is 0.346 e. The summed E-state index contributed by atoms with van der Waals surface area (Å²) in [6.07, 6.45) is 16.6. The van der Waals surface area contributed by atoms with Gasteiger partial charge in [-0.1, -0.05) is 88.6 Å². The summed E-state index contributed by atoms with van der Waals surface area (Å²) in [5.74, 6) is 0.329. The van der Waals surface area contributed by atoms with Crippen LogP contribution in [0.25, 0.3) is 0 Å². The maximum absolute atomic E-state index is 11.2. The molecule has 0 aliphatic rings. The predicted molar refractivity (Wildman–Crippen MR) is 109 cm³/mol. The first-order chi connectivity index (χ1) is 13.2. The number of unbranched alkanes of at least 4 members (excludes halogenated alkanes) is 8. The molecule has 0 fully saturated rings. The zero-order chi connectivity index (χ0) is 19.3. The number of hydrogen-bond acceptors (Lipinski definition) is 1. The molecule has 0 saturated carbocycles. The SMILES string of the molecule is CCCCCCCCCCCc1n(CC(=O)O)cc[n+]1Cc1ccccc1. The second kappa shape index (κ2) is 12.3. The molecule has 0 spiro atoms. The molecule has 0 amide bonds. The van der Waals surface area contributed by atoms with Gasteiger partial charge in [0, 0.05) is 6.42 Å². The van der Waals surface area contributed by atoms with E-state index in [1.165, 1.54) is 56.9 Å². The lowest BCUT2D eigenvalue weighted by atomic mass is 10.1. The van der Waals surface area contributed by atoms with Crippen LogP contribution in [0.2, 0.25) is 0 Å². The summed E-state index contributed by atoms with van der Waals surface area (Å²) in [6.45, 7) is 3.08. The average molecular weight is 372 g/mol. The van der Waals surface area contributed by atoms with Gasteiger partial charge in [0.25, 0.3) is 5.82 Å². The lowest BCUT2D eigenvalue weighted by Gasteiger charge is -2.05. The fourth-order valence-electron chi connectivity index (χ4n) is 3.59. The highest BCUT2D eigenvalue weighted by molar-refractivity contribution is 5.66. The van der Waals surface area contributed by atoms with Crippen molar-refractivity contribution in [2.24, 2.45) is 0 Å². The van der Waals surface area contributed by atoms with Gasteiger partial charge in [0.1, 0.15) is 18.9 Å². The van der Waals surface area contributed by atoms with Crippen LogP contribution in [0.3, 0.4) is 0 Å². The molecule has 4 heteroatoms. The van der Waals surface area contributed by atoms with E-state index in [0.29, 0.717) is 0 Å². The van der Waals surface area contributed by atoms with E-state index in [-0.39, 0.29) is 6.54 Å². The normalized spacial score (nSPS) is 11.0. The monoisotopic (exact) mass is 371 g/mol. The molecule has 148 valence electrons. The number of carboxylic acids is 1. The number of benzene rings is 1. The summed E-state index contributed by atoms with van der Waals surface area (Å²) in [6, 6.07) is 10.3. The Morgan fingerprint density at radius 3 is 2.22 bits per heavy atom. The summed E-state index contributed by atoms with van der Waals surface area (Å²) < 4.78 is 4.08. The Morgan fingerprint density at radius 1 is 0.963 bits per heavy atom. The molecule has 0 aliphatic heterocycles. The molecule has 1 heterocycles. The molecule has 2 rings (SSSR count). The summed E-state index contributed by atoms with van der Waals surface area (Å²) in [5, 5.41) is 9.19. The standard InChI is InChI=1S/C23H34N2O2/c1-2-3-4-5-6-7-8-9-13-16-22-24(17-18-25(22)20-23(26)27)19-21-14-11-10-12-15-21/h10-12,14-15,17-18H,2-9,13,16,19-20H2,1H3/p+1. The quantitative estimate of drug-likeness (QED) is 0.376. The number of aliphatic carboxylic acids is 1. The van der Waals surface area contributed by atoms with Crippen LogP contribution in [-0.4, -0.2) is 15.6 Å². The van der Waals surface area contributed by atoms with Crippen LogP contribution in [0.4, 0.5) is 0 Å². The number of nitrogens with zero attached hydrogens (tertiary/aromatic N) is 2. The number of carboxylic acid groups (broad SMARTS) is 1. The minimum absolute atomic E-state index is 0.0363. The van der Waals surface area contributed by atoms with Gasteiger partial charge in [0.2, 0.25) is 0 Å². The van der Waals surface area contributed by atoms with Crippen molar-refractivity contribution in [2.45, 2.75) is 84.2 Å². The van der Waals surface area contributed by atoms with Crippen LogP contribution < -0.4 is 4.57 Å². The Kier molecular flexibility index (Phi) is 9.67. The van der Waals surface area contributed by atoms with Crippen LogP contribution in [0, 0.1) is 0 Å². The first-order valence-corrected chi connectivity index (χ1v) is 10.5. The minimum Gasteiger partial charge on any atom is -0.478 e. The average Bonchev–Trinajstić information content (AvgIpc) is 3.02. The Bertz CT molecular complexity index is 664. The fraction of sp³-hybridized carbons (Fsp3) is 0.565. The van der Waals surface area contributed by atoms with Gasteiger partial charge in [0.05, 0.1) is 0 Å². The van der Waals surface area contributed by atoms with Gasteiger partial charge in [-0.2, -0.15) is 0 Å². The highest BCUT2D eigenvalue weighted by atomic mass is 16.4. The second-order valence-electron chi connectivity index (χ2n) is 7.43. The van der Waals surface area contributed by atoms with E-state index >= 15 is 0 Å². The van der Waals surface area contributed by atoms with Crippen LogP contribution in [0.5, 0.6) is 0 Å². The third-order valence-electron chi connectivity index (χ3n) is 5.09. The molecule has 0 unspecified atom stereocenters. The molecule has 1 aromatic carbocycles. The highest BCUT2D eigenvalue weighted by Crippen LogP contribution is 2.11. The Labute approximate surface area is 163 Å². The number of rotatable bonds is 14. The molecule has 0 aliphatic carbocycles. The summed E-state index contributed by atoms with van der Waals surface area (Å²) in [7, 11) is 0. The Hall–Kier alpha value is -2.10. The van der Waals surface area contributed by atoms with Crippen molar-refractivity contribution in [3.8, 4) is 0 Å². The van der Waals surface area contributed by atoms with Crippen LogP contribution in [0.15, 0.2) is 42.7 Å². The highest BCUT2D eigenvalue weighted by Gasteiger charge is 2.19. The first-order valence-electron chi connectivity index (χ1n) is 10.5. The van der Waals surface area contributed by atoms with Crippen LogP contribution >= 0.6 is 0 Å². The van der Waals surface area contributed by atoms with Gasteiger partial charge in [-0.15, -0.1) is 0 Å². The van der Waals surface area contributed by atoms with Gasteiger partial charge in [0.15, 0.2) is 6.54 Å². The molecular formula is C23H35N2O2+. The largest absolute Gasteiger partial charge is 0.478 e. The van der Waals surface area contributed by atoms with Crippen molar-refractivity contribution in [3.63, 3.8) is 0 Å². The molecule has 4 nitrogen and oxygen atoms in total. The van der Waals surface area contributed by atoms with E-state index in [9.17, 15) is 9.90 Å². The summed E-state index contributed by atoms with van der Waals surface area (Å²) >= 11 is 0. The van der Waals surface area contributed by atoms with E-state index in [1.807, 2.05) is 35.2 Å². The molecular weight excluding hydrogens is 336 g/mol. The fourth-order valence-corrected chi connectivity index (χ4v) is 3.59. The van der Waals surface area contributed by atoms with Crippen molar-refractivity contribution in [2.75, 3.05) is 0 Å². The lowest BCUT2D eigenvalue weighted by Crippen LogP contribution is -2.38. The lowest BCUT2D eigenvalue weighted by molar-refractivity contribution is -0.695. The molecule has 27 heavy (non-hydrogen) atoms. The maximum Gasteiger partial charge on any atom is 0.346 e. The van der Waals surface area contributed by atoms with E-state index in [4.69, 9.17) is 0 Å². The summed E-state index contributed by atoms with van der Waals surface area (Å²) in [4.78, 5) is 11.2. The van der Waals surface area contributed by atoms with Crippen molar-refractivity contribution < 1.29 is 14.5 Å². The Balaban J connectivity index is 1.83. The van der Waals surface area contributed by atoms with E-state index in [0.717, 1.165) is 25.2 Å². The molecule has 0 atom stereocenters.